The van der Waals surface area contributed by atoms with E-state index in [4.69, 9.17) is 9.47 Å². The molecule has 0 aromatic carbocycles. The zero-order valence-electron chi connectivity index (χ0n) is 20.9. The van der Waals surface area contributed by atoms with Crippen LogP contribution in [-0.2, 0) is 19.1 Å². The Morgan fingerprint density at radius 3 is 1.91 bits per heavy atom. The SMILES string of the molecule is CC/C=C\C/C=C\C/C=C\C/C=C\CCCCC(=O)OC(CO)COC(=O)CCCCCC. The first kappa shape index (κ1) is 30.9. The fourth-order valence-corrected chi connectivity index (χ4v) is 2.95. The van der Waals surface area contributed by atoms with Crippen molar-refractivity contribution in [2.75, 3.05) is 13.2 Å². The van der Waals surface area contributed by atoms with Crippen LogP contribution >= 0.6 is 0 Å². The van der Waals surface area contributed by atoms with Gasteiger partial charge in [0.05, 0.1) is 6.61 Å². The van der Waals surface area contributed by atoms with Gasteiger partial charge in [-0.25, -0.2) is 0 Å². The molecule has 1 atom stereocenters. The Labute approximate surface area is 201 Å². The highest BCUT2D eigenvalue weighted by Crippen LogP contribution is 2.07. The Bertz CT molecular complexity index is 589. The number of rotatable bonds is 21. The minimum atomic E-state index is -0.786. The van der Waals surface area contributed by atoms with Crippen LogP contribution in [0.15, 0.2) is 48.6 Å². The van der Waals surface area contributed by atoms with Gasteiger partial charge in [0.25, 0.3) is 0 Å². The topological polar surface area (TPSA) is 72.8 Å². The van der Waals surface area contributed by atoms with Gasteiger partial charge in [0.2, 0.25) is 0 Å². The quantitative estimate of drug-likeness (QED) is 0.116. The van der Waals surface area contributed by atoms with E-state index in [1.54, 1.807) is 0 Å². The normalized spacial score (nSPS) is 12.9. The Balaban J connectivity index is 3.75. The summed E-state index contributed by atoms with van der Waals surface area (Å²) in [5.41, 5.74) is 0. The zero-order valence-corrected chi connectivity index (χ0v) is 20.9. The highest BCUT2D eigenvalue weighted by Gasteiger charge is 2.15. The minimum absolute atomic E-state index is 0.0865. The Morgan fingerprint density at radius 2 is 1.30 bits per heavy atom. The number of ether oxygens (including phenoxy) is 2. The van der Waals surface area contributed by atoms with Crippen LogP contribution < -0.4 is 0 Å². The van der Waals surface area contributed by atoms with Crippen molar-refractivity contribution in [3.05, 3.63) is 48.6 Å². The molecule has 33 heavy (non-hydrogen) atoms. The number of esters is 2. The van der Waals surface area contributed by atoms with E-state index in [-0.39, 0.29) is 25.2 Å². The molecule has 1 N–H and O–H groups in total. The average molecular weight is 463 g/mol. The van der Waals surface area contributed by atoms with E-state index in [1.807, 2.05) is 0 Å². The summed E-state index contributed by atoms with van der Waals surface area (Å²) in [6, 6.07) is 0. The third-order valence-corrected chi connectivity index (χ3v) is 4.89. The Morgan fingerprint density at radius 1 is 0.727 bits per heavy atom. The van der Waals surface area contributed by atoms with Gasteiger partial charge in [0, 0.05) is 12.8 Å². The highest BCUT2D eigenvalue weighted by atomic mass is 16.6. The molecule has 0 aromatic heterocycles. The van der Waals surface area contributed by atoms with E-state index in [2.05, 4.69) is 62.5 Å². The Kier molecular flexibility index (Phi) is 22.9. The molecule has 0 saturated heterocycles. The van der Waals surface area contributed by atoms with Crippen LogP contribution in [0.5, 0.6) is 0 Å². The molecule has 188 valence electrons. The molecular weight excluding hydrogens is 416 g/mol. The number of aliphatic hydroxyl groups excluding tert-OH is 1. The molecule has 0 spiro atoms. The van der Waals surface area contributed by atoms with Gasteiger partial charge in [-0.2, -0.15) is 0 Å². The number of aliphatic hydroxyl groups is 1. The first-order chi connectivity index (χ1) is 16.1. The van der Waals surface area contributed by atoms with Gasteiger partial charge in [-0.05, 0) is 51.4 Å². The zero-order chi connectivity index (χ0) is 24.4. The summed E-state index contributed by atoms with van der Waals surface area (Å²) >= 11 is 0. The first-order valence-electron chi connectivity index (χ1n) is 12.7. The lowest BCUT2D eigenvalue weighted by Crippen LogP contribution is -2.28. The van der Waals surface area contributed by atoms with Gasteiger partial charge in [-0.15, -0.1) is 0 Å². The van der Waals surface area contributed by atoms with Crippen LogP contribution in [-0.4, -0.2) is 36.4 Å². The lowest BCUT2D eigenvalue weighted by atomic mass is 10.1. The highest BCUT2D eigenvalue weighted by molar-refractivity contribution is 5.70. The summed E-state index contributed by atoms with van der Waals surface area (Å²) in [7, 11) is 0. The van der Waals surface area contributed by atoms with Crippen molar-refractivity contribution in [3.63, 3.8) is 0 Å². The van der Waals surface area contributed by atoms with E-state index < -0.39 is 6.10 Å². The number of hydrogen-bond donors (Lipinski definition) is 1. The maximum Gasteiger partial charge on any atom is 0.306 e. The summed E-state index contributed by atoms with van der Waals surface area (Å²) in [5.74, 6) is -0.670. The second-order valence-electron chi connectivity index (χ2n) is 8.03. The van der Waals surface area contributed by atoms with Crippen LogP contribution in [0.25, 0.3) is 0 Å². The van der Waals surface area contributed by atoms with Crippen molar-refractivity contribution in [1.29, 1.82) is 0 Å². The van der Waals surface area contributed by atoms with Crippen molar-refractivity contribution < 1.29 is 24.2 Å². The van der Waals surface area contributed by atoms with Gasteiger partial charge in [-0.1, -0.05) is 81.7 Å². The number of carbonyl (C=O) groups excluding carboxylic acids is 2. The summed E-state index contributed by atoms with van der Waals surface area (Å²) in [4.78, 5) is 23.6. The average Bonchev–Trinajstić information content (AvgIpc) is 2.81. The first-order valence-corrected chi connectivity index (χ1v) is 12.7. The lowest BCUT2D eigenvalue weighted by Gasteiger charge is -2.15. The predicted octanol–water partition coefficient (Wildman–Crippen LogP) is 6.77. The number of carbonyl (C=O) groups is 2. The van der Waals surface area contributed by atoms with Crippen LogP contribution in [0.3, 0.4) is 0 Å². The van der Waals surface area contributed by atoms with Gasteiger partial charge < -0.3 is 14.6 Å². The summed E-state index contributed by atoms with van der Waals surface area (Å²) in [6.45, 7) is 3.81. The molecule has 1 unspecified atom stereocenters. The second-order valence-corrected chi connectivity index (χ2v) is 8.03. The molecule has 0 radical (unpaired) electrons. The molecule has 0 heterocycles. The van der Waals surface area contributed by atoms with E-state index in [0.717, 1.165) is 70.6 Å². The lowest BCUT2D eigenvalue weighted by molar-refractivity contribution is -0.161. The maximum atomic E-state index is 11.9. The predicted molar refractivity (Wildman–Crippen MR) is 136 cm³/mol. The van der Waals surface area contributed by atoms with Crippen LogP contribution in [0.2, 0.25) is 0 Å². The van der Waals surface area contributed by atoms with Crippen molar-refractivity contribution in [2.24, 2.45) is 0 Å². The van der Waals surface area contributed by atoms with Crippen molar-refractivity contribution >= 4 is 11.9 Å². The standard InChI is InChI=1S/C28H46O5/c1-3-5-7-9-10-11-12-13-14-15-16-17-18-19-21-23-28(31)33-26(24-29)25-32-27(30)22-20-8-6-4-2/h5,7,10-11,13-14,16-17,26,29H,3-4,6,8-9,12,15,18-25H2,1-2H3/b7-5-,11-10-,14-13-,17-16-. The van der Waals surface area contributed by atoms with Crippen molar-refractivity contribution in [1.82, 2.24) is 0 Å². The second kappa shape index (κ2) is 24.5. The summed E-state index contributed by atoms with van der Waals surface area (Å²) in [5, 5.41) is 9.35. The van der Waals surface area contributed by atoms with Gasteiger partial charge >= 0.3 is 11.9 Å². The molecule has 0 aliphatic heterocycles. The van der Waals surface area contributed by atoms with Crippen molar-refractivity contribution in [2.45, 2.75) is 103 Å². The monoisotopic (exact) mass is 462 g/mol. The summed E-state index contributed by atoms with van der Waals surface area (Å²) < 4.78 is 10.3. The molecular formula is C28H46O5. The Hall–Kier alpha value is -2.14. The number of allylic oxidation sites excluding steroid dienone is 8. The molecule has 0 aliphatic rings. The van der Waals surface area contributed by atoms with E-state index in [0.29, 0.717) is 12.8 Å². The smallest absolute Gasteiger partial charge is 0.306 e. The fraction of sp³-hybridized carbons (Fsp3) is 0.643. The van der Waals surface area contributed by atoms with E-state index in [1.165, 1.54) is 0 Å². The van der Waals surface area contributed by atoms with Gasteiger partial charge in [0.15, 0.2) is 6.10 Å². The van der Waals surface area contributed by atoms with Crippen LogP contribution in [0.1, 0.15) is 97.3 Å². The largest absolute Gasteiger partial charge is 0.462 e. The molecule has 5 heteroatoms. The molecule has 0 amide bonds. The van der Waals surface area contributed by atoms with Crippen molar-refractivity contribution in [3.8, 4) is 0 Å². The molecule has 0 fully saturated rings. The number of unbranched alkanes of at least 4 members (excludes halogenated alkanes) is 5. The number of hydrogen-bond acceptors (Lipinski definition) is 5. The van der Waals surface area contributed by atoms with E-state index >= 15 is 0 Å². The molecule has 0 bridgehead atoms. The summed E-state index contributed by atoms with van der Waals surface area (Å²) in [6.07, 6.45) is 27.7. The van der Waals surface area contributed by atoms with Gasteiger partial charge in [-0.3, -0.25) is 9.59 Å². The molecule has 0 aromatic rings. The third-order valence-electron chi connectivity index (χ3n) is 4.89. The van der Waals surface area contributed by atoms with Gasteiger partial charge in [0.1, 0.15) is 6.61 Å². The van der Waals surface area contributed by atoms with Crippen LogP contribution in [0, 0.1) is 0 Å². The molecule has 0 saturated carbocycles. The fourth-order valence-electron chi connectivity index (χ4n) is 2.95. The molecule has 0 rings (SSSR count). The van der Waals surface area contributed by atoms with Crippen LogP contribution in [0.4, 0.5) is 0 Å². The third kappa shape index (κ3) is 22.8. The maximum absolute atomic E-state index is 11.9. The minimum Gasteiger partial charge on any atom is -0.462 e. The van der Waals surface area contributed by atoms with E-state index in [9.17, 15) is 14.7 Å². The molecule has 0 aliphatic carbocycles. The molecule has 5 nitrogen and oxygen atoms in total.